The van der Waals surface area contributed by atoms with Crippen LogP contribution in [0.15, 0.2) is 18.2 Å². The van der Waals surface area contributed by atoms with Crippen molar-refractivity contribution < 1.29 is 14.3 Å². The van der Waals surface area contributed by atoms with Crippen LogP contribution in [0.5, 0.6) is 11.5 Å². The van der Waals surface area contributed by atoms with Crippen LogP contribution in [0.25, 0.3) is 0 Å². The molecule has 3 heteroatoms. The molecule has 92 valence electrons. The maximum atomic E-state index is 10.4. The lowest BCUT2D eigenvalue weighted by Gasteiger charge is -2.14. The predicted molar refractivity (Wildman–Crippen MR) is 65.6 cm³/mol. The molecule has 2 rings (SSSR count). The summed E-state index contributed by atoms with van der Waals surface area (Å²) in [7, 11) is 1.64. The van der Waals surface area contributed by atoms with E-state index < -0.39 is 0 Å². The van der Waals surface area contributed by atoms with E-state index in [1.807, 2.05) is 18.2 Å². The highest BCUT2D eigenvalue weighted by molar-refractivity contribution is 5.53. The van der Waals surface area contributed by atoms with Gasteiger partial charge in [-0.1, -0.05) is 12.1 Å². The fourth-order valence-electron chi connectivity index (χ4n) is 1.78. The van der Waals surface area contributed by atoms with Gasteiger partial charge in [0.15, 0.2) is 11.5 Å². The normalized spacial score (nSPS) is 14.4. The van der Waals surface area contributed by atoms with Crippen molar-refractivity contribution in [3.8, 4) is 11.5 Å². The second-order valence-corrected chi connectivity index (χ2v) is 4.41. The van der Waals surface area contributed by atoms with Gasteiger partial charge in [-0.25, -0.2) is 0 Å². The summed E-state index contributed by atoms with van der Waals surface area (Å²) >= 11 is 0. The van der Waals surface area contributed by atoms with Crippen LogP contribution in [-0.4, -0.2) is 20.0 Å². The second-order valence-electron chi connectivity index (χ2n) is 4.41. The van der Waals surface area contributed by atoms with Gasteiger partial charge in [0.05, 0.1) is 13.7 Å². The zero-order valence-electron chi connectivity index (χ0n) is 10.1. The molecule has 0 N–H and O–H groups in total. The number of hydrogen-bond donors (Lipinski definition) is 0. The molecule has 1 aliphatic rings. The molecule has 0 spiro atoms. The predicted octanol–water partition coefficient (Wildman–Crippen LogP) is 2.62. The van der Waals surface area contributed by atoms with Crippen LogP contribution in [0.4, 0.5) is 0 Å². The van der Waals surface area contributed by atoms with Gasteiger partial charge in [-0.2, -0.15) is 0 Å². The topological polar surface area (TPSA) is 35.5 Å². The summed E-state index contributed by atoms with van der Waals surface area (Å²) in [6.45, 7) is 0.758. The number of para-hydroxylation sites is 1. The molecule has 1 aromatic rings. The smallest absolute Gasteiger partial charge is 0.164 e. The number of methoxy groups -OCH3 is 1. The summed E-state index contributed by atoms with van der Waals surface area (Å²) in [5.41, 5.74) is 1.05. The van der Waals surface area contributed by atoms with Gasteiger partial charge in [0.1, 0.15) is 6.29 Å². The monoisotopic (exact) mass is 234 g/mol. The highest BCUT2D eigenvalue weighted by Crippen LogP contribution is 2.35. The maximum absolute atomic E-state index is 10.4. The van der Waals surface area contributed by atoms with E-state index in [4.69, 9.17) is 9.47 Å². The largest absolute Gasteiger partial charge is 0.493 e. The Morgan fingerprint density at radius 1 is 1.41 bits per heavy atom. The summed E-state index contributed by atoms with van der Waals surface area (Å²) in [5.74, 6) is 2.27. The standard InChI is InChI=1S/C14H18O3/c1-16-13-6-2-4-12(5-3-9-15)14(13)17-10-11-7-8-11/h2,4,6,9,11H,3,5,7-8,10H2,1H3. The van der Waals surface area contributed by atoms with Crippen molar-refractivity contribution >= 4 is 6.29 Å². The summed E-state index contributed by atoms with van der Waals surface area (Å²) < 4.78 is 11.1. The molecule has 1 aromatic carbocycles. The Hall–Kier alpha value is -1.51. The Morgan fingerprint density at radius 3 is 2.88 bits per heavy atom. The minimum atomic E-state index is 0.521. The van der Waals surface area contributed by atoms with Crippen LogP contribution >= 0.6 is 0 Å². The number of ether oxygens (including phenoxy) is 2. The third kappa shape index (κ3) is 3.22. The average Bonchev–Trinajstić information content (AvgIpc) is 3.18. The van der Waals surface area contributed by atoms with Crippen molar-refractivity contribution in [1.29, 1.82) is 0 Å². The third-order valence-electron chi connectivity index (χ3n) is 2.97. The number of benzene rings is 1. The molecule has 0 radical (unpaired) electrons. The number of carbonyl (C=O) groups excluding carboxylic acids is 1. The molecule has 1 fully saturated rings. The van der Waals surface area contributed by atoms with Crippen LogP contribution in [0.2, 0.25) is 0 Å². The van der Waals surface area contributed by atoms with Gasteiger partial charge in [-0.15, -0.1) is 0 Å². The molecule has 0 aliphatic heterocycles. The van der Waals surface area contributed by atoms with Gasteiger partial charge in [0.25, 0.3) is 0 Å². The Labute approximate surface area is 102 Å². The van der Waals surface area contributed by atoms with E-state index in [1.165, 1.54) is 12.8 Å². The Morgan fingerprint density at radius 2 is 2.24 bits per heavy atom. The van der Waals surface area contributed by atoms with E-state index in [0.717, 1.165) is 30.0 Å². The highest BCUT2D eigenvalue weighted by Gasteiger charge is 2.23. The minimum Gasteiger partial charge on any atom is -0.493 e. The number of rotatable bonds is 7. The second kappa shape index (κ2) is 5.71. The molecule has 0 atom stereocenters. The van der Waals surface area contributed by atoms with E-state index in [-0.39, 0.29) is 0 Å². The van der Waals surface area contributed by atoms with Crippen LogP contribution in [0, 0.1) is 5.92 Å². The molecule has 1 saturated carbocycles. The number of aryl methyl sites for hydroxylation is 1. The quantitative estimate of drug-likeness (QED) is 0.680. The van der Waals surface area contributed by atoms with Gasteiger partial charge in [-0.05, 0) is 36.8 Å². The minimum absolute atomic E-state index is 0.521. The molecule has 0 unspecified atom stereocenters. The molecule has 0 amide bonds. The molecule has 0 bridgehead atoms. The van der Waals surface area contributed by atoms with Crippen molar-refractivity contribution in [1.82, 2.24) is 0 Å². The van der Waals surface area contributed by atoms with E-state index >= 15 is 0 Å². The highest BCUT2D eigenvalue weighted by atomic mass is 16.5. The lowest BCUT2D eigenvalue weighted by molar-refractivity contribution is -0.107. The van der Waals surface area contributed by atoms with E-state index in [0.29, 0.717) is 18.8 Å². The fourth-order valence-corrected chi connectivity index (χ4v) is 1.78. The van der Waals surface area contributed by atoms with Crippen LogP contribution in [0.3, 0.4) is 0 Å². The SMILES string of the molecule is COc1cccc(CCC=O)c1OCC1CC1. The number of hydrogen-bond acceptors (Lipinski definition) is 3. The van der Waals surface area contributed by atoms with Crippen molar-refractivity contribution in [2.24, 2.45) is 5.92 Å². The molecule has 17 heavy (non-hydrogen) atoms. The van der Waals surface area contributed by atoms with Crippen molar-refractivity contribution in [2.45, 2.75) is 25.7 Å². The molecule has 0 heterocycles. The van der Waals surface area contributed by atoms with Gasteiger partial charge >= 0.3 is 0 Å². The first kappa shape index (κ1) is 12.0. The van der Waals surface area contributed by atoms with Crippen LogP contribution < -0.4 is 9.47 Å². The van der Waals surface area contributed by atoms with E-state index in [2.05, 4.69) is 0 Å². The zero-order chi connectivity index (χ0) is 12.1. The van der Waals surface area contributed by atoms with Gasteiger partial charge in [-0.3, -0.25) is 0 Å². The first-order chi connectivity index (χ1) is 8.35. The van der Waals surface area contributed by atoms with Gasteiger partial charge < -0.3 is 14.3 Å². The zero-order valence-corrected chi connectivity index (χ0v) is 10.1. The Balaban J connectivity index is 2.12. The molecule has 3 nitrogen and oxygen atoms in total. The third-order valence-corrected chi connectivity index (χ3v) is 2.97. The van der Waals surface area contributed by atoms with Crippen molar-refractivity contribution in [3.05, 3.63) is 23.8 Å². The lowest BCUT2D eigenvalue weighted by Crippen LogP contribution is -2.04. The summed E-state index contributed by atoms with van der Waals surface area (Å²) in [4.78, 5) is 10.4. The molecular formula is C14H18O3. The lowest BCUT2D eigenvalue weighted by atomic mass is 10.1. The molecule has 0 aromatic heterocycles. The number of aldehydes is 1. The Bertz CT molecular complexity index is 383. The first-order valence-electron chi connectivity index (χ1n) is 6.07. The first-order valence-corrected chi connectivity index (χ1v) is 6.07. The maximum Gasteiger partial charge on any atom is 0.164 e. The number of carbonyl (C=O) groups is 1. The fraction of sp³-hybridized carbons (Fsp3) is 0.500. The van der Waals surface area contributed by atoms with Crippen LogP contribution in [0.1, 0.15) is 24.8 Å². The molecule has 1 aliphatic carbocycles. The summed E-state index contributed by atoms with van der Waals surface area (Å²) in [6, 6.07) is 5.82. The molecule has 0 saturated heterocycles. The van der Waals surface area contributed by atoms with E-state index in [9.17, 15) is 4.79 Å². The van der Waals surface area contributed by atoms with Gasteiger partial charge in [0, 0.05) is 6.42 Å². The van der Waals surface area contributed by atoms with Crippen molar-refractivity contribution in [2.75, 3.05) is 13.7 Å². The average molecular weight is 234 g/mol. The molecular weight excluding hydrogens is 216 g/mol. The summed E-state index contributed by atoms with van der Waals surface area (Å²) in [5, 5.41) is 0. The van der Waals surface area contributed by atoms with Crippen molar-refractivity contribution in [3.63, 3.8) is 0 Å². The van der Waals surface area contributed by atoms with Gasteiger partial charge in [0.2, 0.25) is 0 Å². The van der Waals surface area contributed by atoms with Crippen LogP contribution in [-0.2, 0) is 11.2 Å². The van der Waals surface area contributed by atoms with E-state index in [1.54, 1.807) is 7.11 Å². The Kier molecular flexibility index (Phi) is 4.02. The summed E-state index contributed by atoms with van der Waals surface area (Å²) in [6.07, 6.45) is 4.69.